The molecule has 0 spiro atoms. The topological polar surface area (TPSA) is 53.4 Å². The van der Waals surface area contributed by atoms with Crippen LogP contribution in [-0.2, 0) is 6.61 Å². The average Bonchev–Trinajstić information content (AvgIpc) is 3.53. The van der Waals surface area contributed by atoms with E-state index in [2.05, 4.69) is 36.3 Å². The summed E-state index contributed by atoms with van der Waals surface area (Å²) in [7, 11) is 0. The first-order valence-electron chi connectivity index (χ1n) is 10.7. The van der Waals surface area contributed by atoms with Gasteiger partial charge in [0, 0.05) is 30.2 Å². The monoisotopic (exact) mass is 434 g/mol. The normalized spacial score (nSPS) is 18.8. The predicted molar refractivity (Wildman–Crippen MR) is 125 cm³/mol. The van der Waals surface area contributed by atoms with E-state index in [0.717, 1.165) is 34.3 Å². The lowest BCUT2D eigenvalue weighted by molar-refractivity contribution is 0.0785. The van der Waals surface area contributed by atoms with Gasteiger partial charge < -0.3 is 10.0 Å². The number of benzene rings is 1. The Bertz CT molecular complexity index is 1060. The van der Waals surface area contributed by atoms with Gasteiger partial charge in [0.15, 0.2) is 0 Å². The van der Waals surface area contributed by atoms with Crippen LogP contribution < -0.4 is 0 Å². The molecule has 5 heteroatoms. The Hall–Kier alpha value is -2.69. The molecular formula is C26H27ClN2O2. The number of aliphatic hydroxyl groups excluding tert-OH is 1. The predicted octanol–water partition coefficient (Wildman–Crippen LogP) is 5.39. The van der Waals surface area contributed by atoms with Gasteiger partial charge in [0.25, 0.3) is 5.91 Å². The van der Waals surface area contributed by atoms with E-state index in [1.165, 1.54) is 12.8 Å². The van der Waals surface area contributed by atoms with Gasteiger partial charge in [-0.15, -0.1) is 0 Å². The summed E-state index contributed by atoms with van der Waals surface area (Å²) in [6.45, 7) is 9.36. The number of allylic oxidation sites excluding steroid dienone is 4. The SMILES string of the molecule is C=C/C=C(\C(=C)C1CC1)c1ccc(C2CCN(C(=O)c3cc(Cl)ccn3)C2)c(CO)c1. The number of carbonyl (C=O) groups is 1. The second kappa shape index (κ2) is 9.21. The molecule has 1 saturated carbocycles. The van der Waals surface area contributed by atoms with E-state index in [9.17, 15) is 9.90 Å². The molecule has 1 unspecified atom stereocenters. The van der Waals surface area contributed by atoms with Crippen molar-refractivity contribution in [1.82, 2.24) is 9.88 Å². The van der Waals surface area contributed by atoms with Crippen molar-refractivity contribution in [2.75, 3.05) is 13.1 Å². The second-order valence-corrected chi connectivity index (χ2v) is 8.72. The molecule has 1 aromatic heterocycles. The third kappa shape index (κ3) is 4.65. The average molecular weight is 435 g/mol. The minimum atomic E-state index is -0.107. The zero-order chi connectivity index (χ0) is 22.0. The van der Waals surface area contributed by atoms with Gasteiger partial charge in [-0.3, -0.25) is 9.78 Å². The van der Waals surface area contributed by atoms with Crippen molar-refractivity contribution in [3.8, 4) is 0 Å². The van der Waals surface area contributed by atoms with Crippen LogP contribution >= 0.6 is 11.6 Å². The molecule has 1 aliphatic heterocycles. The molecule has 4 nitrogen and oxygen atoms in total. The number of aliphatic hydroxyl groups is 1. The lowest BCUT2D eigenvalue weighted by atomic mass is 9.88. The molecule has 2 fully saturated rings. The molecule has 1 saturated heterocycles. The van der Waals surface area contributed by atoms with Gasteiger partial charge in [-0.2, -0.15) is 0 Å². The summed E-state index contributed by atoms with van der Waals surface area (Å²) in [6.07, 6.45) is 8.57. The van der Waals surface area contributed by atoms with Gasteiger partial charge in [-0.05, 0) is 71.2 Å². The van der Waals surface area contributed by atoms with Crippen molar-refractivity contribution in [2.45, 2.75) is 31.8 Å². The summed E-state index contributed by atoms with van der Waals surface area (Å²) in [5, 5.41) is 10.6. The number of likely N-dealkylation sites (tertiary alicyclic amines) is 1. The van der Waals surface area contributed by atoms with Crippen LogP contribution in [0.1, 0.15) is 52.4 Å². The maximum Gasteiger partial charge on any atom is 0.272 e. The lowest BCUT2D eigenvalue weighted by Gasteiger charge is -2.19. The van der Waals surface area contributed by atoms with Crippen LogP contribution in [0.15, 0.2) is 67.4 Å². The first kappa shape index (κ1) is 21.5. The zero-order valence-electron chi connectivity index (χ0n) is 17.6. The molecule has 31 heavy (non-hydrogen) atoms. The van der Waals surface area contributed by atoms with E-state index in [0.29, 0.717) is 29.7 Å². The third-order valence-corrected chi connectivity index (χ3v) is 6.42. The van der Waals surface area contributed by atoms with Gasteiger partial charge in [-0.25, -0.2) is 0 Å². The molecule has 2 aliphatic rings. The Morgan fingerprint density at radius 3 is 2.74 bits per heavy atom. The van der Waals surface area contributed by atoms with Crippen LogP contribution in [0.5, 0.6) is 0 Å². The molecule has 4 rings (SSSR count). The summed E-state index contributed by atoms with van der Waals surface area (Å²) in [4.78, 5) is 18.8. The quantitative estimate of drug-likeness (QED) is 0.594. The number of rotatable bonds is 7. The fraction of sp³-hybridized carbons (Fsp3) is 0.308. The Kier molecular flexibility index (Phi) is 6.40. The fourth-order valence-electron chi connectivity index (χ4n) is 4.35. The van der Waals surface area contributed by atoms with Crippen molar-refractivity contribution in [2.24, 2.45) is 5.92 Å². The lowest BCUT2D eigenvalue weighted by Crippen LogP contribution is -2.29. The fourth-order valence-corrected chi connectivity index (χ4v) is 4.51. The molecule has 1 amide bonds. The maximum atomic E-state index is 12.8. The van der Waals surface area contributed by atoms with Crippen LogP contribution in [0.4, 0.5) is 0 Å². The minimum Gasteiger partial charge on any atom is -0.392 e. The number of aromatic nitrogens is 1. The van der Waals surface area contributed by atoms with Crippen molar-refractivity contribution in [3.05, 3.63) is 94.8 Å². The summed E-state index contributed by atoms with van der Waals surface area (Å²) in [6, 6.07) is 9.51. The second-order valence-electron chi connectivity index (χ2n) is 8.28. The van der Waals surface area contributed by atoms with Crippen LogP contribution in [0.2, 0.25) is 5.02 Å². The molecule has 1 atom stereocenters. The van der Waals surface area contributed by atoms with Gasteiger partial charge >= 0.3 is 0 Å². The van der Waals surface area contributed by atoms with Crippen LogP contribution in [0.25, 0.3) is 5.57 Å². The number of hydrogen-bond acceptors (Lipinski definition) is 3. The smallest absolute Gasteiger partial charge is 0.272 e. The number of amides is 1. The highest BCUT2D eigenvalue weighted by Crippen LogP contribution is 2.42. The largest absolute Gasteiger partial charge is 0.392 e. The molecular weight excluding hydrogens is 408 g/mol. The summed E-state index contributed by atoms with van der Waals surface area (Å²) >= 11 is 6.01. The molecule has 1 aromatic carbocycles. The summed E-state index contributed by atoms with van der Waals surface area (Å²) in [5.41, 5.74) is 5.64. The first-order chi connectivity index (χ1) is 15.0. The number of pyridine rings is 1. The van der Waals surface area contributed by atoms with Gasteiger partial charge in [0.2, 0.25) is 0 Å². The van der Waals surface area contributed by atoms with Crippen molar-refractivity contribution in [3.63, 3.8) is 0 Å². The van der Waals surface area contributed by atoms with Crippen LogP contribution in [0, 0.1) is 5.92 Å². The third-order valence-electron chi connectivity index (χ3n) is 6.18. The van der Waals surface area contributed by atoms with Crippen LogP contribution in [-0.4, -0.2) is 34.0 Å². The maximum absolute atomic E-state index is 12.8. The van der Waals surface area contributed by atoms with E-state index in [-0.39, 0.29) is 18.4 Å². The van der Waals surface area contributed by atoms with E-state index in [4.69, 9.17) is 11.6 Å². The van der Waals surface area contributed by atoms with E-state index in [1.807, 2.05) is 11.0 Å². The molecule has 2 heterocycles. The Labute approximate surface area is 188 Å². The van der Waals surface area contributed by atoms with Crippen LogP contribution in [0.3, 0.4) is 0 Å². The number of carbonyl (C=O) groups excluding carboxylic acids is 1. The van der Waals surface area contributed by atoms with Crippen molar-refractivity contribution >= 4 is 23.1 Å². The highest BCUT2D eigenvalue weighted by atomic mass is 35.5. The molecule has 160 valence electrons. The summed E-state index contributed by atoms with van der Waals surface area (Å²) in [5.74, 6) is 0.625. The zero-order valence-corrected chi connectivity index (χ0v) is 18.3. The van der Waals surface area contributed by atoms with Crippen molar-refractivity contribution in [1.29, 1.82) is 0 Å². The highest BCUT2D eigenvalue weighted by Gasteiger charge is 2.31. The van der Waals surface area contributed by atoms with Gasteiger partial charge in [-0.1, -0.05) is 49.0 Å². The van der Waals surface area contributed by atoms with Gasteiger partial charge in [0.1, 0.15) is 5.69 Å². The number of halogens is 1. The molecule has 0 radical (unpaired) electrons. The van der Waals surface area contributed by atoms with E-state index in [1.54, 1.807) is 24.4 Å². The number of hydrogen-bond donors (Lipinski definition) is 1. The summed E-state index contributed by atoms with van der Waals surface area (Å²) < 4.78 is 0. The minimum absolute atomic E-state index is 0.0409. The highest BCUT2D eigenvalue weighted by molar-refractivity contribution is 6.30. The standard InChI is InChI=1S/C26H27ClN2O2/c1-3-4-23(17(2)18-5-6-18)19-7-8-24(21(13-19)16-30)20-10-12-29(15-20)26(31)25-14-22(27)9-11-28-25/h3-4,7-9,11,13-14,18,20,30H,1-2,5-6,10,12,15-16H2/b23-4+. The first-order valence-corrected chi connectivity index (χ1v) is 11.1. The molecule has 0 bridgehead atoms. The molecule has 1 N–H and O–H groups in total. The molecule has 1 aliphatic carbocycles. The number of nitrogens with zero attached hydrogens (tertiary/aromatic N) is 2. The van der Waals surface area contributed by atoms with E-state index < -0.39 is 0 Å². The Morgan fingerprint density at radius 1 is 1.26 bits per heavy atom. The molecule has 2 aromatic rings. The van der Waals surface area contributed by atoms with Gasteiger partial charge in [0.05, 0.1) is 6.61 Å². The van der Waals surface area contributed by atoms with E-state index >= 15 is 0 Å². The Morgan fingerprint density at radius 2 is 2.06 bits per heavy atom. The van der Waals surface area contributed by atoms with Crippen molar-refractivity contribution < 1.29 is 9.90 Å². The Balaban J connectivity index is 1.55.